The van der Waals surface area contributed by atoms with Gasteiger partial charge in [-0.3, -0.25) is 4.57 Å². The van der Waals surface area contributed by atoms with Gasteiger partial charge in [0, 0.05) is 5.02 Å². The van der Waals surface area contributed by atoms with Crippen molar-refractivity contribution in [1.29, 1.82) is 0 Å². The van der Waals surface area contributed by atoms with E-state index in [1.54, 1.807) is 18.2 Å². The van der Waals surface area contributed by atoms with E-state index in [9.17, 15) is 14.3 Å². The maximum Gasteiger partial charge on any atom is 0.420 e. The molecule has 108 valence electrons. The van der Waals surface area contributed by atoms with Crippen molar-refractivity contribution in [2.45, 2.75) is 12.6 Å². The molecule has 0 bridgehead atoms. The first-order chi connectivity index (χ1) is 10.0. The lowest BCUT2D eigenvalue weighted by Gasteiger charge is -2.11. The minimum Gasteiger partial charge on any atom is -0.408 e. The minimum atomic E-state index is -0.955. The molecule has 0 spiro atoms. The highest BCUT2D eigenvalue weighted by atomic mass is 35.5. The minimum absolute atomic E-state index is 0.00217. The van der Waals surface area contributed by atoms with Crippen LogP contribution in [0.15, 0.2) is 51.7 Å². The zero-order valence-electron chi connectivity index (χ0n) is 10.8. The summed E-state index contributed by atoms with van der Waals surface area (Å²) in [7, 11) is 0. The Bertz CT molecular complexity index is 838. The van der Waals surface area contributed by atoms with Crippen LogP contribution in [0.25, 0.3) is 11.1 Å². The molecule has 0 saturated carbocycles. The number of halogens is 2. The second kappa shape index (κ2) is 5.35. The monoisotopic (exact) mass is 307 g/mol. The molecule has 1 unspecified atom stereocenters. The zero-order chi connectivity index (χ0) is 15.0. The molecule has 0 amide bonds. The van der Waals surface area contributed by atoms with Gasteiger partial charge in [0.15, 0.2) is 5.58 Å². The molecule has 4 nitrogen and oxygen atoms in total. The van der Waals surface area contributed by atoms with Crippen LogP contribution in [0, 0.1) is 5.82 Å². The van der Waals surface area contributed by atoms with Gasteiger partial charge in [-0.1, -0.05) is 23.7 Å². The summed E-state index contributed by atoms with van der Waals surface area (Å²) < 4.78 is 19.3. The molecule has 0 aliphatic heterocycles. The summed E-state index contributed by atoms with van der Waals surface area (Å²) in [5.74, 6) is -0.961. The first kappa shape index (κ1) is 13.9. The van der Waals surface area contributed by atoms with Crippen LogP contribution in [0.2, 0.25) is 5.02 Å². The molecular weight excluding hydrogens is 297 g/mol. The number of fused-ring (bicyclic) bond motifs is 1. The highest BCUT2D eigenvalue weighted by Gasteiger charge is 2.15. The summed E-state index contributed by atoms with van der Waals surface area (Å²) in [6, 6.07) is 10.3. The number of benzene rings is 2. The van der Waals surface area contributed by atoms with Crippen molar-refractivity contribution in [3.05, 3.63) is 69.4 Å². The topological polar surface area (TPSA) is 55.4 Å². The van der Waals surface area contributed by atoms with E-state index >= 15 is 0 Å². The van der Waals surface area contributed by atoms with Gasteiger partial charge in [-0.2, -0.15) is 0 Å². The van der Waals surface area contributed by atoms with E-state index in [4.69, 9.17) is 16.0 Å². The van der Waals surface area contributed by atoms with Crippen LogP contribution in [0.1, 0.15) is 11.7 Å². The van der Waals surface area contributed by atoms with Crippen molar-refractivity contribution < 1.29 is 13.9 Å². The standard InChI is InChI=1S/C15H11ClFNO3/c16-10-3-6-14-12(7-10)18(15(20)21-14)8-13(19)9-1-4-11(17)5-2-9/h1-7,13,19H,8H2. The molecule has 0 fully saturated rings. The summed E-state index contributed by atoms with van der Waals surface area (Å²) in [6.45, 7) is -0.00217. The van der Waals surface area contributed by atoms with Gasteiger partial charge in [0.05, 0.1) is 18.2 Å². The van der Waals surface area contributed by atoms with Crippen LogP contribution in [0.5, 0.6) is 0 Å². The summed E-state index contributed by atoms with van der Waals surface area (Å²) >= 11 is 5.91. The smallest absolute Gasteiger partial charge is 0.408 e. The third-order valence-electron chi connectivity index (χ3n) is 3.24. The Hall–Kier alpha value is -2.11. The van der Waals surface area contributed by atoms with E-state index in [1.165, 1.54) is 28.8 Å². The van der Waals surface area contributed by atoms with Gasteiger partial charge < -0.3 is 9.52 Å². The Morgan fingerprint density at radius 3 is 2.67 bits per heavy atom. The van der Waals surface area contributed by atoms with Gasteiger partial charge in [-0.15, -0.1) is 0 Å². The summed E-state index contributed by atoms with van der Waals surface area (Å²) in [5.41, 5.74) is 1.42. The number of rotatable bonds is 3. The lowest BCUT2D eigenvalue weighted by Crippen LogP contribution is -2.18. The molecule has 0 aliphatic carbocycles. The first-order valence-electron chi connectivity index (χ1n) is 6.27. The molecule has 3 rings (SSSR count). The Kier molecular flexibility index (Phi) is 3.53. The van der Waals surface area contributed by atoms with Crippen molar-refractivity contribution >= 4 is 22.7 Å². The second-order valence-electron chi connectivity index (χ2n) is 4.66. The van der Waals surface area contributed by atoms with Crippen LogP contribution in [0.3, 0.4) is 0 Å². The van der Waals surface area contributed by atoms with E-state index in [2.05, 4.69) is 0 Å². The number of oxazole rings is 1. The molecule has 1 aromatic heterocycles. The van der Waals surface area contributed by atoms with Crippen molar-refractivity contribution in [3.63, 3.8) is 0 Å². The van der Waals surface area contributed by atoms with Gasteiger partial charge in [-0.25, -0.2) is 9.18 Å². The van der Waals surface area contributed by atoms with Gasteiger partial charge in [0.2, 0.25) is 0 Å². The zero-order valence-corrected chi connectivity index (χ0v) is 11.5. The maximum atomic E-state index is 12.9. The lowest BCUT2D eigenvalue weighted by molar-refractivity contribution is 0.154. The molecule has 0 aliphatic rings. The second-order valence-corrected chi connectivity index (χ2v) is 5.09. The summed E-state index contributed by atoms with van der Waals surface area (Å²) in [5, 5.41) is 10.6. The van der Waals surface area contributed by atoms with E-state index < -0.39 is 11.9 Å². The Morgan fingerprint density at radius 2 is 1.95 bits per heavy atom. The van der Waals surface area contributed by atoms with Gasteiger partial charge >= 0.3 is 5.76 Å². The largest absolute Gasteiger partial charge is 0.420 e. The summed E-state index contributed by atoms with van der Waals surface area (Å²) in [4.78, 5) is 11.9. The predicted molar refractivity (Wildman–Crippen MR) is 76.8 cm³/mol. The van der Waals surface area contributed by atoms with Crippen LogP contribution in [-0.4, -0.2) is 9.67 Å². The number of nitrogens with zero attached hydrogens (tertiary/aromatic N) is 1. The van der Waals surface area contributed by atoms with Crippen molar-refractivity contribution in [2.75, 3.05) is 0 Å². The normalized spacial score (nSPS) is 12.7. The van der Waals surface area contributed by atoms with Gasteiger partial charge in [0.25, 0.3) is 0 Å². The fourth-order valence-electron chi connectivity index (χ4n) is 2.17. The van der Waals surface area contributed by atoms with Gasteiger partial charge in [-0.05, 0) is 35.9 Å². The fraction of sp³-hybridized carbons (Fsp3) is 0.133. The first-order valence-corrected chi connectivity index (χ1v) is 6.65. The SMILES string of the molecule is O=c1oc2ccc(Cl)cc2n1CC(O)c1ccc(F)cc1. The maximum absolute atomic E-state index is 12.9. The summed E-state index contributed by atoms with van der Waals surface area (Å²) in [6.07, 6.45) is -0.955. The molecule has 1 N–H and O–H groups in total. The Morgan fingerprint density at radius 1 is 1.24 bits per heavy atom. The van der Waals surface area contributed by atoms with E-state index in [-0.39, 0.29) is 12.4 Å². The third kappa shape index (κ3) is 2.70. The molecule has 1 heterocycles. The van der Waals surface area contributed by atoms with E-state index in [0.29, 0.717) is 21.7 Å². The number of hydrogen-bond acceptors (Lipinski definition) is 3. The van der Waals surface area contributed by atoms with Crippen molar-refractivity contribution in [1.82, 2.24) is 4.57 Å². The molecule has 6 heteroatoms. The number of aliphatic hydroxyl groups excluding tert-OH is 1. The molecular formula is C15H11ClFNO3. The van der Waals surface area contributed by atoms with Gasteiger partial charge in [0.1, 0.15) is 5.82 Å². The molecule has 21 heavy (non-hydrogen) atoms. The highest BCUT2D eigenvalue weighted by molar-refractivity contribution is 6.31. The molecule has 3 aromatic rings. The lowest BCUT2D eigenvalue weighted by atomic mass is 10.1. The van der Waals surface area contributed by atoms with Crippen LogP contribution in [0.4, 0.5) is 4.39 Å². The third-order valence-corrected chi connectivity index (χ3v) is 3.47. The van der Waals surface area contributed by atoms with E-state index in [1.807, 2.05) is 0 Å². The quantitative estimate of drug-likeness (QED) is 0.809. The average Bonchev–Trinajstić information content (AvgIpc) is 2.76. The predicted octanol–water partition coefficient (Wildman–Crippen LogP) is 3.12. The molecule has 0 saturated heterocycles. The van der Waals surface area contributed by atoms with Crippen molar-refractivity contribution in [3.8, 4) is 0 Å². The number of hydrogen-bond donors (Lipinski definition) is 1. The average molecular weight is 308 g/mol. The van der Waals surface area contributed by atoms with E-state index in [0.717, 1.165) is 0 Å². The van der Waals surface area contributed by atoms with Crippen LogP contribution < -0.4 is 5.76 Å². The number of aliphatic hydroxyl groups is 1. The Balaban J connectivity index is 1.97. The van der Waals surface area contributed by atoms with Crippen LogP contribution >= 0.6 is 11.6 Å². The van der Waals surface area contributed by atoms with Crippen LogP contribution in [-0.2, 0) is 6.54 Å². The highest BCUT2D eigenvalue weighted by Crippen LogP contribution is 2.21. The van der Waals surface area contributed by atoms with Crippen molar-refractivity contribution in [2.24, 2.45) is 0 Å². The molecule has 2 aromatic carbocycles. The molecule has 1 atom stereocenters. The molecule has 0 radical (unpaired) electrons. The number of aromatic nitrogens is 1. The Labute approximate surface area is 124 Å². The fourth-order valence-corrected chi connectivity index (χ4v) is 2.34.